The van der Waals surface area contributed by atoms with E-state index in [2.05, 4.69) is 53.3 Å². The number of rotatable bonds is 6. The van der Waals surface area contributed by atoms with Crippen LogP contribution in [0.25, 0.3) is 16.6 Å². The summed E-state index contributed by atoms with van der Waals surface area (Å²) in [4.78, 5) is 16.1. The number of aromatic nitrogens is 4. The Labute approximate surface area is 182 Å². The molecular formula is C25H27N5O. The Kier molecular flexibility index (Phi) is 4.85. The van der Waals surface area contributed by atoms with Crippen molar-refractivity contribution < 1.29 is 4.74 Å². The highest BCUT2D eigenvalue weighted by Crippen LogP contribution is 2.34. The van der Waals surface area contributed by atoms with E-state index in [0.717, 1.165) is 46.0 Å². The highest BCUT2D eigenvalue weighted by Gasteiger charge is 2.25. The first-order valence-electron chi connectivity index (χ1n) is 10.8. The Morgan fingerprint density at radius 2 is 2.10 bits per heavy atom. The molecule has 3 aromatic heterocycles. The molecule has 31 heavy (non-hydrogen) atoms. The summed E-state index contributed by atoms with van der Waals surface area (Å²) in [5.74, 6) is 2.21. The van der Waals surface area contributed by atoms with Gasteiger partial charge in [0, 0.05) is 36.8 Å². The summed E-state index contributed by atoms with van der Waals surface area (Å²) in [6, 6.07) is 8.01. The second-order valence-corrected chi connectivity index (χ2v) is 8.47. The first-order valence-corrected chi connectivity index (χ1v) is 10.8. The van der Waals surface area contributed by atoms with E-state index in [1.165, 1.54) is 12.8 Å². The van der Waals surface area contributed by atoms with E-state index in [9.17, 15) is 0 Å². The molecule has 1 fully saturated rings. The maximum Gasteiger partial charge on any atom is 0.215 e. The van der Waals surface area contributed by atoms with Gasteiger partial charge in [-0.05, 0) is 56.4 Å². The molecule has 0 aromatic carbocycles. The summed E-state index contributed by atoms with van der Waals surface area (Å²) in [5, 5.41) is 0. The maximum absolute atomic E-state index is 5.97. The van der Waals surface area contributed by atoms with Gasteiger partial charge in [-0.3, -0.25) is 4.98 Å². The van der Waals surface area contributed by atoms with Crippen molar-refractivity contribution in [2.75, 3.05) is 13.7 Å². The SMILES string of the molecule is C=C1C(C)=CC(c2nc3cnc(OCC4CC4)cc3n2C(C)c2ccccn2)=CN1C. The van der Waals surface area contributed by atoms with Crippen LogP contribution in [0.4, 0.5) is 0 Å². The third-order valence-corrected chi connectivity index (χ3v) is 6.06. The van der Waals surface area contributed by atoms with E-state index in [-0.39, 0.29) is 6.04 Å². The molecule has 158 valence electrons. The van der Waals surface area contributed by atoms with E-state index in [1.54, 1.807) is 0 Å². The topological polar surface area (TPSA) is 56.1 Å². The van der Waals surface area contributed by atoms with Gasteiger partial charge in [-0.2, -0.15) is 0 Å². The molecule has 0 saturated heterocycles. The van der Waals surface area contributed by atoms with Gasteiger partial charge in [-0.1, -0.05) is 12.6 Å². The van der Waals surface area contributed by atoms with Crippen molar-refractivity contribution in [1.82, 2.24) is 24.4 Å². The first-order chi connectivity index (χ1) is 15.0. The molecule has 1 aliphatic carbocycles. The van der Waals surface area contributed by atoms with E-state index in [1.807, 2.05) is 42.5 Å². The molecule has 0 amide bonds. The molecule has 0 spiro atoms. The van der Waals surface area contributed by atoms with Crippen molar-refractivity contribution in [3.05, 3.63) is 78.3 Å². The minimum atomic E-state index is -0.00933. The lowest BCUT2D eigenvalue weighted by atomic mass is 10.1. The van der Waals surface area contributed by atoms with Crippen molar-refractivity contribution in [2.24, 2.45) is 5.92 Å². The molecule has 6 nitrogen and oxygen atoms in total. The maximum atomic E-state index is 5.97. The van der Waals surface area contributed by atoms with Gasteiger partial charge >= 0.3 is 0 Å². The highest BCUT2D eigenvalue weighted by molar-refractivity contribution is 5.83. The molecule has 3 aromatic rings. The molecule has 1 unspecified atom stereocenters. The first kappa shape index (κ1) is 19.5. The van der Waals surface area contributed by atoms with Gasteiger partial charge in [0.25, 0.3) is 0 Å². The molecule has 1 aliphatic heterocycles. The zero-order chi connectivity index (χ0) is 21.5. The van der Waals surface area contributed by atoms with Crippen molar-refractivity contribution in [1.29, 1.82) is 0 Å². The molecule has 2 aliphatic rings. The predicted octanol–water partition coefficient (Wildman–Crippen LogP) is 4.97. The van der Waals surface area contributed by atoms with Crippen LogP contribution < -0.4 is 4.74 Å². The zero-order valence-corrected chi connectivity index (χ0v) is 18.2. The third-order valence-electron chi connectivity index (χ3n) is 6.06. The summed E-state index contributed by atoms with van der Waals surface area (Å²) in [6.45, 7) is 9.11. The average molecular weight is 414 g/mol. The van der Waals surface area contributed by atoms with Crippen LogP contribution in [0.5, 0.6) is 5.88 Å². The molecule has 6 heteroatoms. The Hall–Kier alpha value is -3.41. The summed E-state index contributed by atoms with van der Waals surface area (Å²) >= 11 is 0. The van der Waals surface area contributed by atoms with Crippen LogP contribution in [0, 0.1) is 5.92 Å². The highest BCUT2D eigenvalue weighted by atomic mass is 16.5. The predicted molar refractivity (Wildman–Crippen MR) is 122 cm³/mol. The summed E-state index contributed by atoms with van der Waals surface area (Å²) in [5.41, 5.74) is 5.96. The van der Waals surface area contributed by atoms with Crippen LogP contribution in [-0.2, 0) is 0 Å². The normalized spacial score (nSPS) is 17.5. The molecular weight excluding hydrogens is 386 g/mol. The minimum Gasteiger partial charge on any atom is -0.477 e. The molecule has 0 radical (unpaired) electrons. The molecule has 0 bridgehead atoms. The van der Waals surface area contributed by atoms with Crippen molar-refractivity contribution in [2.45, 2.75) is 32.7 Å². The number of allylic oxidation sites excluding steroid dienone is 3. The number of hydrogen-bond donors (Lipinski definition) is 0. The summed E-state index contributed by atoms with van der Waals surface area (Å²) in [6.07, 6.45) is 10.4. The van der Waals surface area contributed by atoms with E-state index in [0.29, 0.717) is 11.8 Å². The number of hydrogen-bond acceptors (Lipinski definition) is 5. The van der Waals surface area contributed by atoms with Crippen molar-refractivity contribution >= 4 is 16.6 Å². The second-order valence-electron chi connectivity index (χ2n) is 8.47. The Morgan fingerprint density at radius 1 is 1.26 bits per heavy atom. The van der Waals surface area contributed by atoms with E-state index in [4.69, 9.17) is 9.72 Å². The fourth-order valence-electron chi connectivity index (χ4n) is 3.94. The largest absolute Gasteiger partial charge is 0.477 e. The van der Waals surface area contributed by atoms with E-state index >= 15 is 0 Å². The van der Waals surface area contributed by atoms with Crippen molar-refractivity contribution in [3.8, 4) is 5.88 Å². The van der Waals surface area contributed by atoms with Gasteiger partial charge in [-0.25, -0.2) is 9.97 Å². The Balaban J connectivity index is 1.65. The number of imidazole rings is 1. The van der Waals surface area contributed by atoms with Crippen LogP contribution >= 0.6 is 0 Å². The number of nitrogens with zero attached hydrogens (tertiary/aromatic N) is 5. The van der Waals surface area contributed by atoms with Gasteiger partial charge in [0.05, 0.1) is 30.1 Å². The standard InChI is InChI=1S/C25H27N5O/c1-16-11-20(14-29(4)17(16)2)25-28-22-13-27-24(31-15-19-8-9-19)12-23(22)30(25)18(3)21-7-5-6-10-26-21/h5-7,10-14,18-19H,2,8-9,15H2,1,3-4H3. The van der Waals surface area contributed by atoms with Crippen molar-refractivity contribution in [3.63, 3.8) is 0 Å². The van der Waals surface area contributed by atoms with Crippen LogP contribution in [0.3, 0.4) is 0 Å². The summed E-state index contributed by atoms with van der Waals surface area (Å²) in [7, 11) is 2.01. The Bertz CT molecular complexity index is 1200. The van der Waals surface area contributed by atoms with Crippen LogP contribution in [0.2, 0.25) is 0 Å². The number of pyridine rings is 2. The summed E-state index contributed by atoms with van der Waals surface area (Å²) < 4.78 is 8.20. The van der Waals surface area contributed by atoms with Gasteiger partial charge in [-0.15, -0.1) is 0 Å². The van der Waals surface area contributed by atoms with Crippen LogP contribution in [0.15, 0.2) is 66.8 Å². The third kappa shape index (κ3) is 3.74. The number of ether oxygens (including phenoxy) is 1. The van der Waals surface area contributed by atoms with Crippen LogP contribution in [0.1, 0.15) is 44.2 Å². The smallest absolute Gasteiger partial charge is 0.215 e. The lowest BCUT2D eigenvalue weighted by Crippen LogP contribution is -2.17. The number of likely N-dealkylation sites (N-methyl/N-ethyl adjacent to an activating group) is 1. The monoisotopic (exact) mass is 413 g/mol. The molecule has 1 saturated carbocycles. The van der Waals surface area contributed by atoms with Gasteiger partial charge in [0.15, 0.2) is 0 Å². The van der Waals surface area contributed by atoms with Gasteiger partial charge < -0.3 is 14.2 Å². The fourth-order valence-corrected chi connectivity index (χ4v) is 3.94. The number of fused-ring (bicyclic) bond motifs is 1. The molecule has 4 heterocycles. The lowest BCUT2D eigenvalue weighted by molar-refractivity contribution is 0.289. The average Bonchev–Trinajstić information content (AvgIpc) is 3.54. The molecule has 5 rings (SSSR count). The lowest BCUT2D eigenvalue weighted by Gasteiger charge is -2.25. The molecule has 0 N–H and O–H groups in total. The van der Waals surface area contributed by atoms with Gasteiger partial charge in [0.1, 0.15) is 11.3 Å². The zero-order valence-electron chi connectivity index (χ0n) is 18.2. The minimum absolute atomic E-state index is 0.00933. The van der Waals surface area contributed by atoms with E-state index < -0.39 is 0 Å². The quantitative estimate of drug-likeness (QED) is 0.571. The fraction of sp³-hybridized carbons (Fsp3) is 0.320. The van der Waals surface area contributed by atoms with Gasteiger partial charge in [0.2, 0.25) is 5.88 Å². The Morgan fingerprint density at radius 3 is 2.81 bits per heavy atom. The molecule has 1 atom stereocenters. The second kappa shape index (κ2) is 7.69. The van der Waals surface area contributed by atoms with Crippen LogP contribution in [-0.4, -0.2) is 38.1 Å².